The summed E-state index contributed by atoms with van der Waals surface area (Å²) in [5.41, 5.74) is 2.24. The molecule has 0 amide bonds. The van der Waals surface area contributed by atoms with Gasteiger partial charge in [0.15, 0.2) is 0 Å². The van der Waals surface area contributed by atoms with Gasteiger partial charge in [-0.05, 0) is 36.4 Å². The molecular formula is C20H15N3O. The largest absolute Gasteiger partial charge is 0.325 e. The quantitative estimate of drug-likeness (QED) is 0.618. The third-order valence-corrected chi connectivity index (χ3v) is 3.82. The van der Waals surface area contributed by atoms with Crippen LogP contribution in [-0.2, 0) is 0 Å². The summed E-state index contributed by atoms with van der Waals surface area (Å²) in [6.45, 7) is 0. The number of anilines is 2. The molecule has 0 atom stereocenters. The highest BCUT2D eigenvalue weighted by Gasteiger charge is 2.12. The Kier molecular flexibility index (Phi) is 3.56. The van der Waals surface area contributed by atoms with Crippen LogP contribution < -0.4 is 10.9 Å². The first-order valence-electron chi connectivity index (χ1n) is 7.72. The minimum Gasteiger partial charge on any atom is -0.325 e. The lowest BCUT2D eigenvalue weighted by Gasteiger charge is -2.15. The van der Waals surface area contributed by atoms with Crippen LogP contribution in [0.2, 0.25) is 0 Å². The van der Waals surface area contributed by atoms with Crippen LogP contribution in [-0.4, -0.2) is 9.55 Å². The molecule has 3 aromatic carbocycles. The zero-order valence-electron chi connectivity index (χ0n) is 12.9. The highest BCUT2D eigenvalue weighted by molar-refractivity contribution is 5.79. The Morgan fingerprint density at radius 3 is 2.12 bits per heavy atom. The highest BCUT2D eigenvalue weighted by Crippen LogP contribution is 2.19. The molecule has 0 spiro atoms. The average molecular weight is 313 g/mol. The summed E-state index contributed by atoms with van der Waals surface area (Å²) in [6.07, 6.45) is 0. The van der Waals surface area contributed by atoms with Gasteiger partial charge in [0.25, 0.3) is 5.56 Å². The second kappa shape index (κ2) is 6.01. The number of fused-ring (bicyclic) bond motifs is 1. The van der Waals surface area contributed by atoms with E-state index in [0.29, 0.717) is 16.9 Å². The van der Waals surface area contributed by atoms with Crippen molar-refractivity contribution in [2.75, 3.05) is 5.32 Å². The Balaban J connectivity index is 1.98. The maximum atomic E-state index is 13.0. The zero-order chi connectivity index (χ0) is 16.4. The molecule has 4 rings (SSSR count). The van der Waals surface area contributed by atoms with E-state index in [1.807, 2.05) is 78.9 Å². The summed E-state index contributed by atoms with van der Waals surface area (Å²) in [6, 6.07) is 26.6. The lowest BCUT2D eigenvalue weighted by Crippen LogP contribution is -2.22. The number of nitrogens with zero attached hydrogens (tertiary/aromatic N) is 2. The first-order chi connectivity index (χ1) is 11.8. The van der Waals surface area contributed by atoms with Crippen molar-refractivity contribution in [2.24, 2.45) is 0 Å². The van der Waals surface area contributed by atoms with E-state index in [2.05, 4.69) is 10.3 Å². The molecule has 0 saturated heterocycles. The maximum absolute atomic E-state index is 13.0. The van der Waals surface area contributed by atoms with Crippen LogP contribution in [0.3, 0.4) is 0 Å². The number of hydrogen-bond acceptors (Lipinski definition) is 3. The standard InChI is InChI=1S/C20H15N3O/c24-19-17-13-7-8-14-18(17)22-20(21-15-9-3-1-4-10-15)23(19)16-11-5-2-6-12-16/h1-14H,(H,21,22). The molecule has 0 radical (unpaired) electrons. The van der Waals surface area contributed by atoms with E-state index in [-0.39, 0.29) is 5.56 Å². The second-order valence-electron chi connectivity index (χ2n) is 5.42. The molecule has 116 valence electrons. The minimum atomic E-state index is -0.0924. The van der Waals surface area contributed by atoms with E-state index in [0.717, 1.165) is 11.4 Å². The summed E-state index contributed by atoms with van der Waals surface area (Å²) in [5.74, 6) is 0.496. The Labute approximate surface area is 139 Å². The molecule has 4 aromatic rings. The van der Waals surface area contributed by atoms with Crippen LogP contribution >= 0.6 is 0 Å². The van der Waals surface area contributed by atoms with Gasteiger partial charge in [0, 0.05) is 5.69 Å². The SMILES string of the molecule is O=c1c2ccccc2nc(Nc2ccccc2)n1-c1ccccc1. The van der Waals surface area contributed by atoms with E-state index in [1.165, 1.54) is 0 Å². The molecule has 0 unspecified atom stereocenters. The van der Waals surface area contributed by atoms with Crippen LogP contribution in [0.25, 0.3) is 16.6 Å². The van der Waals surface area contributed by atoms with E-state index in [4.69, 9.17) is 0 Å². The van der Waals surface area contributed by atoms with Crippen LogP contribution in [0.4, 0.5) is 11.6 Å². The fourth-order valence-corrected chi connectivity index (χ4v) is 2.68. The monoisotopic (exact) mass is 313 g/mol. The molecule has 1 N–H and O–H groups in total. The molecule has 0 saturated carbocycles. The number of hydrogen-bond donors (Lipinski definition) is 1. The molecule has 0 aliphatic carbocycles. The average Bonchev–Trinajstić information content (AvgIpc) is 2.64. The summed E-state index contributed by atoms with van der Waals surface area (Å²) >= 11 is 0. The van der Waals surface area contributed by atoms with E-state index in [9.17, 15) is 4.79 Å². The summed E-state index contributed by atoms with van der Waals surface area (Å²) in [5, 5.41) is 3.85. The van der Waals surface area contributed by atoms with Gasteiger partial charge in [-0.25, -0.2) is 9.55 Å². The molecule has 0 bridgehead atoms. The first-order valence-corrected chi connectivity index (χ1v) is 7.72. The molecule has 1 heterocycles. The Bertz CT molecular complexity index is 1040. The predicted octanol–water partition coefficient (Wildman–Crippen LogP) is 4.13. The number of para-hydroxylation sites is 3. The first kappa shape index (κ1) is 14.2. The van der Waals surface area contributed by atoms with Crippen molar-refractivity contribution in [1.29, 1.82) is 0 Å². The summed E-state index contributed by atoms with van der Waals surface area (Å²) in [7, 11) is 0. The van der Waals surface area contributed by atoms with Gasteiger partial charge in [-0.1, -0.05) is 48.5 Å². The predicted molar refractivity (Wildman–Crippen MR) is 97.1 cm³/mol. The van der Waals surface area contributed by atoms with Crippen molar-refractivity contribution in [2.45, 2.75) is 0 Å². The summed E-state index contributed by atoms with van der Waals surface area (Å²) < 4.78 is 1.61. The second-order valence-corrected chi connectivity index (χ2v) is 5.42. The van der Waals surface area contributed by atoms with Crippen molar-refractivity contribution in [1.82, 2.24) is 9.55 Å². The van der Waals surface area contributed by atoms with Crippen molar-refractivity contribution in [3.8, 4) is 5.69 Å². The topological polar surface area (TPSA) is 46.9 Å². The number of rotatable bonds is 3. The lowest BCUT2D eigenvalue weighted by atomic mass is 10.2. The van der Waals surface area contributed by atoms with Gasteiger partial charge >= 0.3 is 0 Å². The minimum absolute atomic E-state index is 0.0924. The van der Waals surface area contributed by atoms with Crippen molar-refractivity contribution >= 4 is 22.5 Å². The van der Waals surface area contributed by atoms with Gasteiger partial charge in [0.2, 0.25) is 5.95 Å². The van der Waals surface area contributed by atoms with E-state index >= 15 is 0 Å². The van der Waals surface area contributed by atoms with Crippen LogP contribution in [0.15, 0.2) is 89.7 Å². The third kappa shape index (κ3) is 2.54. The van der Waals surface area contributed by atoms with Gasteiger partial charge in [-0.15, -0.1) is 0 Å². The van der Waals surface area contributed by atoms with Gasteiger partial charge in [-0.2, -0.15) is 0 Å². The van der Waals surface area contributed by atoms with Crippen molar-refractivity contribution in [3.63, 3.8) is 0 Å². The molecule has 4 nitrogen and oxygen atoms in total. The van der Waals surface area contributed by atoms with E-state index < -0.39 is 0 Å². The van der Waals surface area contributed by atoms with Crippen molar-refractivity contribution in [3.05, 3.63) is 95.3 Å². The van der Waals surface area contributed by atoms with E-state index in [1.54, 1.807) is 10.6 Å². The highest BCUT2D eigenvalue weighted by atomic mass is 16.1. The molecule has 24 heavy (non-hydrogen) atoms. The molecule has 0 aliphatic heterocycles. The Hall–Kier alpha value is -3.40. The number of benzene rings is 3. The van der Waals surface area contributed by atoms with Crippen molar-refractivity contribution < 1.29 is 0 Å². The van der Waals surface area contributed by atoms with Gasteiger partial charge in [-0.3, -0.25) is 4.79 Å². The van der Waals surface area contributed by atoms with Crippen LogP contribution in [0, 0.1) is 0 Å². The smallest absolute Gasteiger partial charge is 0.267 e. The van der Waals surface area contributed by atoms with Gasteiger partial charge in [0.05, 0.1) is 16.6 Å². The maximum Gasteiger partial charge on any atom is 0.267 e. The molecule has 1 aromatic heterocycles. The third-order valence-electron chi connectivity index (χ3n) is 3.82. The van der Waals surface area contributed by atoms with Crippen LogP contribution in [0.1, 0.15) is 0 Å². The lowest BCUT2D eigenvalue weighted by molar-refractivity contribution is 0.974. The summed E-state index contributed by atoms with van der Waals surface area (Å²) in [4.78, 5) is 17.7. The molecule has 0 fully saturated rings. The Morgan fingerprint density at radius 1 is 0.750 bits per heavy atom. The molecular weight excluding hydrogens is 298 g/mol. The molecule has 4 heteroatoms. The van der Waals surface area contributed by atoms with Gasteiger partial charge in [0.1, 0.15) is 0 Å². The zero-order valence-corrected chi connectivity index (χ0v) is 12.9. The fraction of sp³-hybridized carbons (Fsp3) is 0. The van der Waals surface area contributed by atoms with Gasteiger partial charge < -0.3 is 5.32 Å². The normalized spacial score (nSPS) is 10.7. The Morgan fingerprint density at radius 2 is 1.38 bits per heavy atom. The number of aromatic nitrogens is 2. The fourth-order valence-electron chi connectivity index (χ4n) is 2.68. The molecule has 0 aliphatic rings. The van der Waals surface area contributed by atoms with Crippen LogP contribution in [0.5, 0.6) is 0 Å². The number of nitrogens with one attached hydrogen (secondary N) is 1.